The number of benzene rings is 1. The molecule has 6 rings (SSSR count). The van der Waals surface area contributed by atoms with Crippen LogP contribution in [0.2, 0.25) is 0 Å². The zero-order valence-corrected chi connectivity index (χ0v) is 18.7. The second-order valence-electron chi connectivity index (χ2n) is 8.83. The number of pyridine rings is 1. The Balaban J connectivity index is 1.57. The lowest BCUT2D eigenvalue weighted by atomic mass is 9.49. The molecule has 0 aliphatic heterocycles. The maximum atomic E-state index is 11.0. The highest BCUT2D eigenvalue weighted by Gasteiger charge is 2.50. The lowest BCUT2D eigenvalue weighted by molar-refractivity contribution is -0.384. The number of nitro benzene ring substituents is 1. The largest absolute Gasteiger partial charge is 0.269 e. The zero-order valence-electron chi connectivity index (χ0n) is 17.9. The fourth-order valence-corrected chi connectivity index (χ4v) is 5.50. The molecule has 1 fully saturated rings. The van der Waals surface area contributed by atoms with Gasteiger partial charge in [-0.2, -0.15) is 5.10 Å². The van der Waals surface area contributed by atoms with Gasteiger partial charge in [0.1, 0.15) is 0 Å². The molecule has 8 heteroatoms. The third kappa shape index (κ3) is 3.60. The molecule has 3 aromatic rings. The minimum absolute atomic E-state index is 0.0634. The van der Waals surface area contributed by atoms with Crippen molar-refractivity contribution in [1.82, 2.24) is 9.66 Å². The molecule has 3 aliphatic carbocycles. The first-order chi connectivity index (χ1) is 15.4. The van der Waals surface area contributed by atoms with Crippen molar-refractivity contribution in [3.8, 4) is 11.3 Å². The quantitative estimate of drug-likeness (QED) is 0.292. The molecule has 3 aliphatic rings. The van der Waals surface area contributed by atoms with Gasteiger partial charge in [0.2, 0.25) is 4.80 Å². The molecule has 2 aromatic heterocycles. The van der Waals surface area contributed by atoms with E-state index in [1.807, 2.05) is 28.4 Å². The molecule has 1 saturated carbocycles. The number of thiazole rings is 1. The number of nitro groups is 1. The highest BCUT2D eigenvalue weighted by Crippen LogP contribution is 2.58. The summed E-state index contributed by atoms with van der Waals surface area (Å²) >= 11 is 1.47. The third-order valence-corrected chi connectivity index (χ3v) is 7.58. The van der Waals surface area contributed by atoms with Gasteiger partial charge in [0, 0.05) is 29.3 Å². The number of fused-ring (bicyclic) bond motifs is 1. The minimum Gasteiger partial charge on any atom is -0.262 e. The van der Waals surface area contributed by atoms with Crippen molar-refractivity contribution in [2.75, 3.05) is 0 Å². The van der Waals surface area contributed by atoms with Crippen molar-refractivity contribution < 1.29 is 4.92 Å². The summed E-state index contributed by atoms with van der Waals surface area (Å²) in [5.74, 6) is 1.30. The number of hydrogen-bond donors (Lipinski definition) is 0. The molecule has 2 heterocycles. The molecule has 2 bridgehead atoms. The van der Waals surface area contributed by atoms with Crippen LogP contribution in [0.15, 0.2) is 75.9 Å². The van der Waals surface area contributed by atoms with Crippen molar-refractivity contribution in [1.29, 1.82) is 0 Å². The first-order valence-electron chi connectivity index (χ1n) is 10.6. The lowest BCUT2D eigenvalue weighted by Gasteiger charge is -2.55. The molecule has 0 amide bonds. The van der Waals surface area contributed by atoms with Gasteiger partial charge in [0.15, 0.2) is 0 Å². The number of hydrogen-bond acceptors (Lipinski definition) is 6. The van der Waals surface area contributed by atoms with Gasteiger partial charge in [-0.25, -0.2) is 9.67 Å². The van der Waals surface area contributed by atoms with Gasteiger partial charge >= 0.3 is 0 Å². The van der Waals surface area contributed by atoms with E-state index in [1.54, 1.807) is 24.5 Å². The molecule has 2 atom stereocenters. The Morgan fingerprint density at radius 1 is 1.28 bits per heavy atom. The number of rotatable bonds is 5. The Hall–Kier alpha value is -3.39. The average Bonchev–Trinajstić information content (AvgIpc) is 3.20. The predicted octanol–water partition coefficient (Wildman–Crippen LogP) is 5.58. The van der Waals surface area contributed by atoms with E-state index in [-0.39, 0.29) is 5.69 Å². The van der Waals surface area contributed by atoms with Crippen molar-refractivity contribution in [2.45, 2.75) is 26.7 Å². The molecule has 2 unspecified atom stereocenters. The molecule has 32 heavy (non-hydrogen) atoms. The normalized spacial score (nSPS) is 21.9. The van der Waals surface area contributed by atoms with Gasteiger partial charge in [0.25, 0.3) is 5.69 Å². The van der Waals surface area contributed by atoms with Crippen LogP contribution < -0.4 is 4.80 Å². The molecule has 0 spiro atoms. The van der Waals surface area contributed by atoms with Gasteiger partial charge in [0.05, 0.1) is 28.7 Å². The van der Waals surface area contributed by atoms with Crippen molar-refractivity contribution in [2.24, 2.45) is 27.3 Å². The van der Waals surface area contributed by atoms with E-state index < -0.39 is 4.92 Å². The number of aromatic nitrogens is 2. The Morgan fingerprint density at radius 2 is 2.09 bits per heavy atom. The molecule has 7 nitrogen and oxygen atoms in total. The summed E-state index contributed by atoms with van der Waals surface area (Å²) in [7, 11) is 0. The van der Waals surface area contributed by atoms with Crippen LogP contribution in [0.1, 0.15) is 26.7 Å². The number of allylic oxidation sites excluding steroid dienone is 2. The van der Waals surface area contributed by atoms with Gasteiger partial charge in [-0.05, 0) is 59.9 Å². The van der Waals surface area contributed by atoms with Crippen LogP contribution in [0.3, 0.4) is 0 Å². The Bertz CT molecular complexity index is 1290. The van der Waals surface area contributed by atoms with E-state index in [4.69, 9.17) is 10.1 Å². The fourth-order valence-electron chi connectivity index (χ4n) is 4.64. The molecule has 0 saturated heterocycles. The second-order valence-corrected chi connectivity index (χ2v) is 9.67. The molecule has 162 valence electrons. The van der Waals surface area contributed by atoms with E-state index in [1.165, 1.54) is 35.5 Å². The van der Waals surface area contributed by atoms with Crippen LogP contribution in [0.4, 0.5) is 11.4 Å². The summed E-state index contributed by atoms with van der Waals surface area (Å²) in [6, 6.07) is 10.3. The monoisotopic (exact) mass is 445 g/mol. The van der Waals surface area contributed by atoms with E-state index >= 15 is 0 Å². The van der Waals surface area contributed by atoms with Crippen LogP contribution in [-0.2, 0) is 0 Å². The molecular weight excluding hydrogens is 422 g/mol. The summed E-state index contributed by atoms with van der Waals surface area (Å²) in [5.41, 5.74) is 4.09. The molecule has 0 radical (unpaired) electrons. The van der Waals surface area contributed by atoms with E-state index in [0.717, 1.165) is 29.3 Å². The van der Waals surface area contributed by atoms with Gasteiger partial charge in [-0.15, -0.1) is 11.3 Å². The maximum absolute atomic E-state index is 11.0. The second kappa shape index (κ2) is 7.94. The fraction of sp³-hybridized carbons (Fsp3) is 0.292. The first-order valence-corrected chi connectivity index (χ1v) is 11.5. The highest BCUT2D eigenvalue weighted by molar-refractivity contribution is 7.07. The number of non-ortho nitro benzene ring substituents is 1. The summed E-state index contributed by atoms with van der Waals surface area (Å²) in [4.78, 5) is 20.2. The SMILES string of the molecule is CC1(C)C2CC=C(C=Nn3c(-c4ccc([N+](=O)[O-])cc4)csc3=Nc3cccnc3)C1C2. The summed E-state index contributed by atoms with van der Waals surface area (Å²) in [5, 5.41) is 17.9. The highest BCUT2D eigenvalue weighted by atomic mass is 32.1. The topological polar surface area (TPSA) is 85.7 Å². The molecule has 0 N–H and O–H groups in total. The number of nitrogens with zero attached hydrogens (tertiary/aromatic N) is 5. The Kier molecular flexibility index (Phi) is 5.09. The van der Waals surface area contributed by atoms with Gasteiger partial charge in [-0.3, -0.25) is 15.1 Å². The maximum Gasteiger partial charge on any atom is 0.269 e. The molecule has 1 aromatic carbocycles. The standard InChI is InChI=1S/C24H23N5O2S/c1-24(2)18-8-5-17(21(24)12-18)13-26-28-22(16-6-9-20(10-7-16)29(30)31)15-32-23(28)27-19-4-3-11-25-14-19/h3-7,9-11,13-15,18,21H,8,12H2,1-2H3. The Morgan fingerprint density at radius 3 is 2.75 bits per heavy atom. The summed E-state index contributed by atoms with van der Waals surface area (Å²) in [6.45, 7) is 4.69. The van der Waals surface area contributed by atoms with Gasteiger partial charge < -0.3 is 0 Å². The first kappa shape index (κ1) is 20.5. The van der Waals surface area contributed by atoms with Crippen molar-refractivity contribution in [3.05, 3.63) is 80.7 Å². The van der Waals surface area contributed by atoms with Crippen molar-refractivity contribution in [3.63, 3.8) is 0 Å². The van der Waals surface area contributed by atoms with E-state index in [0.29, 0.717) is 16.1 Å². The van der Waals surface area contributed by atoms with Crippen LogP contribution >= 0.6 is 11.3 Å². The van der Waals surface area contributed by atoms with Crippen molar-refractivity contribution >= 4 is 28.9 Å². The van der Waals surface area contributed by atoms with E-state index in [2.05, 4.69) is 24.9 Å². The minimum atomic E-state index is -0.393. The summed E-state index contributed by atoms with van der Waals surface area (Å²) < 4.78 is 1.82. The smallest absolute Gasteiger partial charge is 0.262 e. The Labute approximate surface area is 189 Å². The zero-order chi connectivity index (χ0) is 22.3. The summed E-state index contributed by atoms with van der Waals surface area (Å²) in [6.07, 6.45) is 10.0. The lowest BCUT2D eigenvalue weighted by Crippen LogP contribution is -2.48. The third-order valence-electron chi connectivity index (χ3n) is 6.76. The van der Waals surface area contributed by atoms with Crippen LogP contribution in [0, 0.1) is 27.4 Å². The van der Waals surface area contributed by atoms with Gasteiger partial charge in [-0.1, -0.05) is 19.9 Å². The van der Waals surface area contributed by atoms with E-state index in [9.17, 15) is 10.1 Å². The average molecular weight is 446 g/mol. The molecular formula is C24H23N5O2S. The van der Waals surface area contributed by atoms with Crippen LogP contribution in [0.5, 0.6) is 0 Å². The van der Waals surface area contributed by atoms with Crippen LogP contribution in [0.25, 0.3) is 11.3 Å². The predicted molar refractivity (Wildman–Crippen MR) is 126 cm³/mol. The van der Waals surface area contributed by atoms with Crippen LogP contribution in [-0.4, -0.2) is 20.8 Å².